The average molecular weight is 468 g/mol. The molecule has 3 aromatic carbocycles. The lowest BCUT2D eigenvalue weighted by Crippen LogP contribution is -2.36. The smallest absolute Gasteiger partial charge is 0.316 e. The van der Waals surface area contributed by atoms with E-state index in [1.54, 1.807) is 39.0 Å². The minimum Gasteiger partial charge on any atom is -0.423 e. The van der Waals surface area contributed by atoms with Crippen LogP contribution in [-0.2, 0) is 19.6 Å². The summed E-state index contributed by atoms with van der Waals surface area (Å²) in [5, 5.41) is 1.68. The highest BCUT2D eigenvalue weighted by Gasteiger charge is 2.41. The monoisotopic (exact) mass is 467 g/mol. The van der Waals surface area contributed by atoms with E-state index < -0.39 is 33.0 Å². The number of fused-ring (bicyclic) bond motifs is 2. The number of benzene rings is 3. The van der Waals surface area contributed by atoms with E-state index in [2.05, 4.69) is 0 Å². The topological polar surface area (TPSA) is 80.8 Å². The maximum absolute atomic E-state index is 14.2. The average Bonchev–Trinajstić information content (AvgIpc) is 2.76. The van der Waals surface area contributed by atoms with E-state index >= 15 is 0 Å². The summed E-state index contributed by atoms with van der Waals surface area (Å²) < 4.78 is 46.9. The number of likely N-dealkylation sites (N-methyl/N-ethyl adjacent to an activating group) is 1. The van der Waals surface area contributed by atoms with Crippen molar-refractivity contribution in [2.45, 2.75) is 25.7 Å². The zero-order valence-electron chi connectivity index (χ0n) is 18.5. The number of carbonyl (C=O) groups excluding carboxylic acids is 2. The minimum absolute atomic E-state index is 0.171. The molecule has 0 spiro atoms. The first-order chi connectivity index (χ1) is 15.4. The maximum Gasteiger partial charge on any atom is 0.316 e. The lowest BCUT2D eigenvalue weighted by molar-refractivity contribution is -0.145. The van der Waals surface area contributed by atoms with Crippen LogP contribution in [0.5, 0.6) is 0 Å². The quantitative estimate of drug-likeness (QED) is 0.410. The largest absolute Gasteiger partial charge is 0.423 e. The Hall–Kier alpha value is -3.52. The van der Waals surface area contributed by atoms with Crippen molar-refractivity contribution in [1.29, 1.82) is 0 Å². The van der Waals surface area contributed by atoms with Crippen LogP contribution in [-0.4, -0.2) is 31.5 Å². The summed E-state index contributed by atoms with van der Waals surface area (Å²) in [5.41, 5.74) is -1.28. The summed E-state index contributed by atoms with van der Waals surface area (Å²) in [7, 11) is -2.98. The molecule has 0 fully saturated rings. The first kappa shape index (κ1) is 22.7. The van der Waals surface area contributed by atoms with E-state index in [-0.39, 0.29) is 27.5 Å². The molecule has 0 bridgehead atoms. The van der Waals surface area contributed by atoms with Crippen molar-refractivity contribution >= 4 is 38.3 Å². The van der Waals surface area contributed by atoms with Crippen molar-refractivity contribution in [2.24, 2.45) is 5.41 Å². The van der Waals surface area contributed by atoms with Crippen LogP contribution in [0.4, 0.5) is 4.39 Å². The molecular weight excluding hydrogens is 445 g/mol. The standard InChI is InChI=1S/C25H22FNO5S/c1-25(2,3)24(29)32-23-19-14-18(26)11-12-20(19)33(30,31)27(4)21(23)22(28)17-10-9-15-7-5-6-8-16(15)13-17/h5-14H,1-4H3. The second-order valence-electron chi connectivity index (χ2n) is 8.82. The van der Waals surface area contributed by atoms with Gasteiger partial charge in [0.1, 0.15) is 11.5 Å². The van der Waals surface area contributed by atoms with Gasteiger partial charge in [0.05, 0.1) is 10.3 Å². The van der Waals surface area contributed by atoms with Gasteiger partial charge in [-0.1, -0.05) is 36.4 Å². The number of ether oxygens (including phenoxy) is 1. The van der Waals surface area contributed by atoms with Gasteiger partial charge in [0.2, 0.25) is 5.78 Å². The minimum atomic E-state index is -4.19. The Morgan fingerprint density at radius 1 is 0.939 bits per heavy atom. The molecule has 0 unspecified atom stereocenters. The molecule has 1 aliphatic rings. The number of esters is 1. The number of rotatable bonds is 3. The van der Waals surface area contributed by atoms with Gasteiger partial charge in [-0.2, -0.15) is 0 Å². The summed E-state index contributed by atoms with van der Waals surface area (Å²) >= 11 is 0. The molecule has 0 aliphatic carbocycles. The predicted molar refractivity (Wildman–Crippen MR) is 122 cm³/mol. The second-order valence-corrected chi connectivity index (χ2v) is 10.8. The molecule has 3 aromatic rings. The van der Waals surface area contributed by atoms with Crippen LogP contribution in [0.3, 0.4) is 0 Å². The third-order valence-corrected chi connectivity index (χ3v) is 7.20. The van der Waals surface area contributed by atoms with E-state index in [0.29, 0.717) is 0 Å². The molecule has 0 amide bonds. The van der Waals surface area contributed by atoms with Gasteiger partial charge < -0.3 is 4.74 Å². The summed E-state index contributed by atoms with van der Waals surface area (Å²) in [6.45, 7) is 4.86. The number of carbonyl (C=O) groups is 2. The number of allylic oxidation sites excluding steroid dienone is 1. The molecule has 8 heteroatoms. The fraction of sp³-hybridized carbons (Fsp3) is 0.200. The Morgan fingerprint density at radius 3 is 2.27 bits per heavy atom. The number of Topliss-reactive ketones (excluding diaryl/α,β-unsaturated/α-hetero) is 1. The van der Waals surface area contributed by atoms with Crippen molar-refractivity contribution in [3.63, 3.8) is 0 Å². The third kappa shape index (κ3) is 3.91. The molecule has 4 rings (SSSR count). The van der Waals surface area contributed by atoms with Crippen molar-refractivity contribution in [1.82, 2.24) is 4.31 Å². The first-order valence-corrected chi connectivity index (χ1v) is 11.6. The maximum atomic E-state index is 14.2. The van der Waals surface area contributed by atoms with Crippen molar-refractivity contribution in [2.75, 3.05) is 7.05 Å². The fourth-order valence-corrected chi connectivity index (χ4v) is 4.88. The number of nitrogens with zero attached hydrogens (tertiary/aromatic N) is 1. The van der Waals surface area contributed by atoms with Gasteiger partial charge in [-0.05, 0) is 55.8 Å². The van der Waals surface area contributed by atoms with Crippen LogP contribution in [0.1, 0.15) is 36.7 Å². The fourth-order valence-electron chi connectivity index (χ4n) is 3.51. The van der Waals surface area contributed by atoms with Gasteiger partial charge in [0.15, 0.2) is 5.76 Å². The number of sulfonamides is 1. The molecule has 1 aliphatic heterocycles. The molecule has 170 valence electrons. The molecule has 6 nitrogen and oxygen atoms in total. The molecule has 0 radical (unpaired) electrons. The van der Waals surface area contributed by atoms with Crippen molar-refractivity contribution in [3.05, 3.63) is 83.3 Å². The highest BCUT2D eigenvalue weighted by atomic mass is 32.2. The van der Waals surface area contributed by atoms with Crippen molar-refractivity contribution in [3.8, 4) is 0 Å². The molecule has 0 saturated heterocycles. The first-order valence-electron chi connectivity index (χ1n) is 10.2. The Bertz CT molecular complexity index is 1450. The second kappa shape index (κ2) is 7.81. The lowest BCUT2D eigenvalue weighted by atomic mass is 9.97. The summed E-state index contributed by atoms with van der Waals surface area (Å²) in [6.07, 6.45) is 0. The predicted octanol–water partition coefficient (Wildman–Crippen LogP) is 4.75. The van der Waals surface area contributed by atoms with Crippen LogP contribution in [0.2, 0.25) is 0 Å². The zero-order chi connectivity index (χ0) is 24.1. The van der Waals surface area contributed by atoms with Crippen LogP contribution in [0, 0.1) is 11.2 Å². The van der Waals surface area contributed by atoms with E-state index in [1.165, 1.54) is 7.05 Å². The number of hydrogen-bond donors (Lipinski definition) is 0. The van der Waals surface area contributed by atoms with Crippen LogP contribution < -0.4 is 0 Å². The highest BCUT2D eigenvalue weighted by Crippen LogP contribution is 2.39. The van der Waals surface area contributed by atoms with Crippen LogP contribution >= 0.6 is 0 Å². The third-order valence-electron chi connectivity index (χ3n) is 5.39. The Morgan fingerprint density at radius 2 is 1.61 bits per heavy atom. The Labute approximate surface area is 191 Å². The molecule has 0 N–H and O–H groups in total. The van der Waals surface area contributed by atoms with Crippen LogP contribution in [0.25, 0.3) is 16.5 Å². The number of hydrogen-bond acceptors (Lipinski definition) is 5. The Kier molecular flexibility index (Phi) is 5.36. The van der Waals surface area contributed by atoms with E-state index in [1.807, 2.05) is 24.3 Å². The van der Waals surface area contributed by atoms with E-state index in [4.69, 9.17) is 4.74 Å². The van der Waals surface area contributed by atoms with Gasteiger partial charge in [0.25, 0.3) is 10.0 Å². The summed E-state index contributed by atoms with van der Waals surface area (Å²) in [6, 6.07) is 15.4. The molecule has 33 heavy (non-hydrogen) atoms. The number of ketones is 1. The van der Waals surface area contributed by atoms with Crippen LogP contribution in [0.15, 0.2) is 71.3 Å². The molecular formula is C25H22FNO5S. The molecule has 0 atom stereocenters. The molecule has 0 aromatic heterocycles. The lowest BCUT2D eigenvalue weighted by Gasteiger charge is -2.31. The zero-order valence-corrected chi connectivity index (χ0v) is 19.4. The number of halogens is 1. The van der Waals surface area contributed by atoms with Gasteiger partial charge >= 0.3 is 5.97 Å². The van der Waals surface area contributed by atoms with Gasteiger partial charge in [-0.25, -0.2) is 12.8 Å². The van der Waals surface area contributed by atoms with Gasteiger partial charge in [-0.3, -0.25) is 13.9 Å². The Balaban J connectivity index is 1.98. The summed E-state index contributed by atoms with van der Waals surface area (Å²) in [4.78, 5) is 26.1. The highest BCUT2D eigenvalue weighted by molar-refractivity contribution is 7.89. The molecule has 0 saturated carbocycles. The van der Waals surface area contributed by atoms with Crippen molar-refractivity contribution < 1.29 is 27.1 Å². The summed E-state index contributed by atoms with van der Waals surface area (Å²) in [5.74, 6) is -2.38. The molecule has 1 heterocycles. The SMILES string of the molecule is CN1C(C(=O)c2ccc3ccccc3c2)=C(OC(=O)C(C)(C)C)c2cc(F)ccc2S1(=O)=O. The van der Waals surface area contributed by atoms with Gasteiger partial charge in [-0.15, -0.1) is 0 Å². The van der Waals surface area contributed by atoms with E-state index in [9.17, 15) is 22.4 Å². The van der Waals surface area contributed by atoms with E-state index in [0.717, 1.165) is 33.3 Å². The normalized spacial score (nSPS) is 15.4. The van der Waals surface area contributed by atoms with Gasteiger partial charge in [0, 0.05) is 18.2 Å².